The van der Waals surface area contributed by atoms with Crippen molar-refractivity contribution in [3.63, 3.8) is 0 Å². The highest BCUT2D eigenvalue weighted by Crippen LogP contribution is 2.24. The number of aromatic nitrogens is 1. The van der Waals surface area contributed by atoms with E-state index in [1.165, 1.54) is 0 Å². The fourth-order valence-corrected chi connectivity index (χ4v) is 2.42. The molecular formula is C19H29N3O5. The van der Waals surface area contributed by atoms with Crippen molar-refractivity contribution in [3.8, 4) is 0 Å². The number of nitrogens with zero attached hydrogens (tertiary/aromatic N) is 3. The van der Waals surface area contributed by atoms with Crippen molar-refractivity contribution < 1.29 is 23.8 Å². The lowest BCUT2D eigenvalue weighted by atomic mass is 10.2. The first-order valence-electron chi connectivity index (χ1n) is 9.01. The fourth-order valence-electron chi connectivity index (χ4n) is 2.42. The molecule has 2 rings (SSSR count). The molecule has 2 amide bonds. The van der Waals surface area contributed by atoms with Crippen LogP contribution in [0.2, 0.25) is 0 Å². The van der Waals surface area contributed by atoms with E-state index in [1.54, 1.807) is 53.8 Å². The Bertz CT molecular complexity index is 645. The van der Waals surface area contributed by atoms with E-state index < -0.39 is 23.4 Å². The number of hydrogen-bond donors (Lipinski definition) is 0. The fraction of sp³-hybridized carbons (Fsp3) is 0.632. The zero-order valence-electron chi connectivity index (χ0n) is 16.9. The van der Waals surface area contributed by atoms with Gasteiger partial charge in [-0.3, -0.25) is 0 Å². The van der Waals surface area contributed by atoms with Gasteiger partial charge in [0.1, 0.15) is 11.2 Å². The molecule has 0 bridgehead atoms. The van der Waals surface area contributed by atoms with Crippen molar-refractivity contribution in [2.75, 3.05) is 36.1 Å². The Hall–Kier alpha value is -2.35. The second-order valence-corrected chi connectivity index (χ2v) is 8.27. The Morgan fingerprint density at radius 2 is 1.56 bits per heavy atom. The molecule has 1 fully saturated rings. The molecule has 0 radical (unpaired) electrons. The number of anilines is 2. The normalized spacial score (nSPS) is 15.3. The number of morpholine rings is 1. The summed E-state index contributed by atoms with van der Waals surface area (Å²) >= 11 is 0. The van der Waals surface area contributed by atoms with Gasteiger partial charge >= 0.3 is 12.2 Å². The minimum Gasteiger partial charge on any atom is -0.443 e. The monoisotopic (exact) mass is 379 g/mol. The van der Waals surface area contributed by atoms with Gasteiger partial charge in [0, 0.05) is 31.0 Å². The summed E-state index contributed by atoms with van der Waals surface area (Å²) in [7, 11) is 0. The average Bonchev–Trinajstić information content (AvgIpc) is 2.52. The van der Waals surface area contributed by atoms with Crippen LogP contribution in [0.15, 0.2) is 18.3 Å². The summed E-state index contributed by atoms with van der Waals surface area (Å²) < 4.78 is 16.1. The van der Waals surface area contributed by atoms with Crippen LogP contribution in [0.5, 0.6) is 0 Å². The lowest BCUT2D eigenvalue weighted by molar-refractivity contribution is 0.0429. The first kappa shape index (κ1) is 21.0. The van der Waals surface area contributed by atoms with E-state index in [0.29, 0.717) is 13.2 Å². The molecule has 0 spiro atoms. The van der Waals surface area contributed by atoms with E-state index in [2.05, 4.69) is 9.88 Å². The molecule has 0 N–H and O–H groups in total. The molecule has 0 atom stereocenters. The van der Waals surface area contributed by atoms with Gasteiger partial charge in [0.2, 0.25) is 0 Å². The highest BCUT2D eigenvalue weighted by atomic mass is 16.6. The van der Waals surface area contributed by atoms with Crippen LogP contribution in [0.3, 0.4) is 0 Å². The summed E-state index contributed by atoms with van der Waals surface area (Å²) in [6.45, 7) is 13.1. The van der Waals surface area contributed by atoms with Gasteiger partial charge in [0.15, 0.2) is 5.82 Å². The topological polar surface area (TPSA) is 81.2 Å². The first-order chi connectivity index (χ1) is 12.5. The Balaban J connectivity index is 2.34. The molecule has 1 saturated heterocycles. The molecule has 0 saturated carbocycles. The van der Waals surface area contributed by atoms with Gasteiger partial charge in [-0.1, -0.05) is 0 Å². The summed E-state index contributed by atoms with van der Waals surface area (Å²) in [4.78, 5) is 32.6. The third-order valence-electron chi connectivity index (χ3n) is 3.49. The second-order valence-electron chi connectivity index (χ2n) is 8.27. The van der Waals surface area contributed by atoms with Crippen LogP contribution in [0.25, 0.3) is 0 Å². The van der Waals surface area contributed by atoms with Crippen LogP contribution >= 0.6 is 0 Å². The zero-order valence-corrected chi connectivity index (χ0v) is 16.9. The molecule has 8 nitrogen and oxygen atoms in total. The number of ether oxygens (including phenoxy) is 3. The molecule has 150 valence electrons. The number of amides is 2. The van der Waals surface area contributed by atoms with Crippen molar-refractivity contribution in [2.24, 2.45) is 0 Å². The van der Waals surface area contributed by atoms with Crippen molar-refractivity contribution >= 4 is 23.7 Å². The van der Waals surface area contributed by atoms with Gasteiger partial charge in [-0.2, -0.15) is 4.90 Å². The largest absolute Gasteiger partial charge is 0.443 e. The number of pyridine rings is 1. The van der Waals surface area contributed by atoms with Crippen LogP contribution in [0, 0.1) is 0 Å². The quantitative estimate of drug-likeness (QED) is 0.776. The molecule has 2 heterocycles. The minimum absolute atomic E-state index is 0.155. The van der Waals surface area contributed by atoms with Gasteiger partial charge in [-0.15, -0.1) is 0 Å². The summed E-state index contributed by atoms with van der Waals surface area (Å²) in [5.74, 6) is 0.155. The van der Waals surface area contributed by atoms with Gasteiger partial charge in [-0.25, -0.2) is 14.6 Å². The van der Waals surface area contributed by atoms with E-state index in [-0.39, 0.29) is 5.82 Å². The summed E-state index contributed by atoms with van der Waals surface area (Å²) in [5.41, 5.74) is -0.682. The standard InChI is InChI=1S/C19H29N3O5/c1-18(2,3)26-16(23)22(17(24)27-19(4,5)6)15-13-14(7-8-20-15)21-9-11-25-12-10-21/h7-8,13H,9-12H2,1-6H3. The van der Waals surface area contributed by atoms with Crippen LogP contribution in [-0.4, -0.2) is 54.7 Å². The van der Waals surface area contributed by atoms with E-state index >= 15 is 0 Å². The van der Waals surface area contributed by atoms with Gasteiger partial charge < -0.3 is 19.1 Å². The molecule has 1 aliphatic heterocycles. The first-order valence-corrected chi connectivity index (χ1v) is 9.01. The molecular weight excluding hydrogens is 350 g/mol. The predicted octanol–water partition coefficient (Wildman–Crippen LogP) is 3.59. The highest BCUT2D eigenvalue weighted by molar-refractivity contribution is 6.09. The smallest absolute Gasteiger partial charge is 0.425 e. The van der Waals surface area contributed by atoms with E-state index in [4.69, 9.17) is 14.2 Å². The second kappa shape index (κ2) is 8.12. The number of carbonyl (C=O) groups excluding carboxylic acids is 2. The van der Waals surface area contributed by atoms with Crippen LogP contribution in [0.4, 0.5) is 21.1 Å². The zero-order chi connectivity index (χ0) is 20.2. The van der Waals surface area contributed by atoms with Gasteiger partial charge in [0.05, 0.1) is 13.2 Å². The van der Waals surface area contributed by atoms with Crippen LogP contribution in [-0.2, 0) is 14.2 Å². The third-order valence-corrected chi connectivity index (χ3v) is 3.49. The molecule has 0 aliphatic carbocycles. The molecule has 1 aliphatic rings. The Morgan fingerprint density at radius 3 is 2.04 bits per heavy atom. The maximum absolute atomic E-state index is 12.7. The number of imide groups is 1. The lowest BCUT2D eigenvalue weighted by Gasteiger charge is -2.30. The van der Waals surface area contributed by atoms with Crippen LogP contribution in [0.1, 0.15) is 41.5 Å². The van der Waals surface area contributed by atoms with E-state index in [9.17, 15) is 9.59 Å². The third kappa shape index (κ3) is 6.39. The van der Waals surface area contributed by atoms with E-state index in [1.807, 2.05) is 6.07 Å². The molecule has 8 heteroatoms. The SMILES string of the molecule is CC(C)(C)OC(=O)N(C(=O)OC(C)(C)C)c1cc(N2CCOCC2)ccn1. The highest BCUT2D eigenvalue weighted by Gasteiger charge is 2.33. The molecule has 0 aromatic carbocycles. The number of hydrogen-bond acceptors (Lipinski definition) is 7. The predicted molar refractivity (Wildman–Crippen MR) is 102 cm³/mol. The van der Waals surface area contributed by atoms with Crippen LogP contribution < -0.4 is 9.80 Å². The average molecular weight is 379 g/mol. The molecule has 1 aromatic heterocycles. The van der Waals surface area contributed by atoms with Crippen molar-refractivity contribution in [3.05, 3.63) is 18.3 Å². The Morgan fingerprint density at radius 1 is 1.04 bits per heavy atom. The van der Waals surface area contributed by atoms with E-state index in [0.717, 1.165) is 23.7 Å². The number of carbonyl (C=O) groups is 2. The van der Waals surface area contributed by atoms with Crippen molar-refractivity contribution in [1.29, 1.82) is 0 Å². The van der Waals surface area contributed by atoms with Gasteiger partial charge in [-0.05, 0) is 47.6 Å². The van der Waals surface area contributed by atoms with Crippen molar-refractivity contribution in [1.82, 2.24) is 4.98 Å². The summed E-state index contributed by atoms with van der Waals surface area (Å²) in [6, 6.07) is 3.51. The molecule has 1 aromatic rings. The summed E-state index contributed by atoms with van der Waals surface area (Å²) in [5, 5.41) is 0. The Kier molecular flexibility index (Phi) is 6.30. The number of rotatable bonds is 2. The Labute approximate surface area is 160 Å². The molecule has 0 unspecified atom stereocenters. The lowest BCUT2D eigenvalue weighted by Crippen LogP contribution is -2.44. The maximum Gasteiger partial charge on any atom is 0.425 e. The van der Waals surface area contributed by atoms with Gasteiger partial charge in [0.25, 0.3) is 0 Å². The summed E-state index contributed by atoms with van der Waals surface area (Å²) in [6.07, 6.45) is -0.103. The van der Waals surface area contributed by atoms with Crippen molar-refractivity contribution in [2.45, 2.75) is 52.7 Å². The maximum atomic E-state index is 12.7. The minimum atomic E-state index is -0.830. The molecule has 27 heavy (non-hydrogen) atoms.